The van der Waals surface area contributed by atoms with Crippen molar-refractivity contribution in [3.05, 3.63) is 12.2 Å². The van der Waals surface area contributed by atoms with Crippen LogP contribution in [0.25, 0.3) is 0 Å². The molecule has 0 spiro atoms. The Kier molecular flexibility index (Phi) is 5.66. The molecule has 0 heterocycles. The van der Waals surface area contributed by atoms with E-state index in [1.165, 1.54) is 38.5 Å². The maximum Gasteiger partial charge on any atom is 0.224 e. The largest absolute Gasteiger partial charge is 0.353 e. The average molecular weight is 359 g/mol. The van der Waals surface area contributed by atoms with Crippen LogP contribution in [-0.4, -0.2) is 23.9 Å². The third-order valence-corrected chi connectivity index (χ3v) is 7.26. The van der Waals surface area contributed by atoms with Crippen LogP contribution in [0.5, 0.6) is 0 Å². The molecule has 2 N–H and O–H groups in total. The van der Waals surface area contributed by atoms with Gasteiger partial charge in [-0.3, -0.25) is 9.59 Å². The van der Waals surface area contributed by atoms with Gasteiger partial charge in [0, 0.05) is 12.1 Å². The van der Waals surface area contributed by atoms with Gasteiger partial charge in [-0.15, -0.1) is 0 Å². The quantitative estimate of drug-likeness (QED) is 0.753. The molecule has 0 radical (unpaired) electrons. The van der Waals surface area contributed by atoms with Crippen LogP contribution in [0.2, 0.25) is 0 Å². The summed E-state index contributed by atoms with van der Waals surface area (Å²) >= 11 is 0. The van der Waals surface area contributed by atoms with Gasteiger partial charge in [0.1, 0.15) is 0 Å². The molecule has 26 heavy (non-hydrogen) atoms. The SMILES string of the molecule is O=C(NC1CCCCC1)[C@@H]1[C@H](C(=O)NC2CCCCC2)[C@@H]2C=C[C@H]1CC2. The van der Waals surface area contributed by atoms with Gasteiger partial charge in [0.05, 0.1) is 11.8 Å². The van der Waals surface area contributed by atoms with Crippen molar-refractivity contribution >= 4 is 11.8 Å². The van der Waals surface area contributed by atoms with Crippen LogP contribution in [0.4, 0.5) is 0 Å². The number of hydrogen-bond donors (Lipinski definition) is 2. The highest BCUT2D eigenvalue weighted by Gasteiger charge is 2.48. The second-order valence-electron chi connectivity index (χ2n) is 9.03. The molecule has 4 atom stereocenters. The summed E-state index contributed by atoms with van der Waals surface area (Å²) in [6.45, 7) is 0. The number of nitrogens with one attached hydrogen (secondary N) is 2. The Bertz CT molecular complexity index is 498. The smallest absolute Gasteiger partial charge is 0.224 e. The molecule has 3 fully saturated rings. The van der Waals surface area contributed by atoms with Gasteiger partial charge < -0.3 is 10.6 Å². The van der Waals surface area contributed by atoms with Crippen molar-refractivity contribution in [1.29, 1.82) is 0 Å². The minimum atomic E-state index is -0.163. The minimum Gasteiger partial charge on any atom is -0.353 e. The first-order valence-corrected chi connectivity index (χ1v) is 11.0. The van der Waals surface area contributed by atoms with E-state index in [1.807, 2.05) is 0 Å². The highest BCUT2D eigenvalue weighted by molar-refractivity contribution is 5.89. The second kappa shape index (κ2) is 8.14. The molecule has 0 aromatic carbocycles. The van der Waals surface area contributed by atoms with E-state index >= 15 is 0 Å². The maximum absolute atomic E-state index is 13.1. The number of fused-ring (bicyclic) bond motifs is 2. The third kappa shape index (κ3) is 3.84. The fourth-order valence-electron chi connectivity index (χ4n) is 5.80. The summed E-state index contributed by atoms with van der Waals surface area (Å²) in [4.78, 5) is 26.3. The van der Waals surface area contributed by atoms with Crippen LogP contribution in [0.1, 0.15) is 77.0 Å². The van der Waals surface area contributed by atoms with Gasteiger partial charge in [-0.05, 0) is 50.4 Å². The zero-order valence-electron chi connectivity index (χ0n) is 15.9. The first kappa shape index (κ1) is 18.1. The van der Waals surface area contributed by atoms with E-state index in [0.29, 0.717) is 12.1 Å². The highest BCUT2D eigenvalue weighted by Crippen LogP contribution is 2.45. The van der Waals surface area contributed by atoms with E-state index in [9.17, 15) is 9.59 Å². The lowest BCUT2D eigenvalue weighted by atomic mass is 9.61. The third-order valence-electron chi connectivity index (χ3n) is 7.26. The zero-order chi connectivity index (χ0) is 17.9. The lowest BCUT2D eigenvalue weighted by molar-refractivity contribution is -0.141. The summed E-state index contributed by atoms with van der Waals surface area (Å²) in [5.41, 5.74) is 0. The zero-order valence-corrected chi connectivity index (χ0v) is 15.9. The molecule has 4 heteroatoms. The van der Waals surface area contributed by atoms with E-state index < -0.39 is 0 Å². The molecule has 144 valence electrons. The fraction of sp³-hybridized carbons (Fsp3) is 0.818. The van der Waals surface area contributed by atoms with Crippen molar-refractivity contribution < 1.29 is 9.59 Å². The van der Waals surface area contributed by atoms with Crippen molar-refractivity contribution in [2.24, 2.45) is 23.7 Å². The maximum atomic E-state index is 13.1. The predicted molar refractivity (Wildman–Crippen MR) is 102 cm³/mol. The molecule has 2 bridgehead atoms. The van der Waals surface area contributed by atoms with E-state index in [0.717, 1.165) is 38.5 Å². The molecule has 0 aromatic rings. The molecule has 5 aliphatic carbocycles. The van der Waals surface area contributed by atoms with Crippen molar-refractivity contribution in [2.75, 3.05) is 0 Å². The Labute approximate surface area is 157 Å². The molecule has 5 aliphatic rings. The van der Waals surface area contributed by atoms with Gasteiger partial charge in [0.2, 0.25) is 11.8 Å². The number of hydrogen-bond acceptors (Lipinski definition) is 2. The summed E-state index contributed by atoms with van der Waals surface area (Å²) in [5.74, 6) is 0.435. The molecule has 2 amide bonds. The van der Waals surface area contributed by atoms with Crippen LogP contribution < -0.4 is 10.6 Å². The first-order chi connectivity index (χ1) is 12.7. The number of amides is 2. The topological polar surface area (TPSA) is 58.2 Å². The van der Waals surface area contributed by atoms with Crippen LogP contribution >= 0.6 is 0 Å². The van der Waals surface area contributed by atoms with Gasteiger partial charge in [0.25, 0.3) is 0 Å². The summed E-state index contributed by atoms with van der Waals surface area (Å²) in [6.07, 6.45) is 18.4. The van der Waals surface area contributed by atoms with E-state index in [-0.39, 0.29) is 35.5 Å². The Morgan fingerprint density at radius 2 is 0.962 bits per heavy atom. The van der Waals surface area contributed by atoms with E-state index in [2.05, 4.69) is 22.8 Å². The van der Waals surface area contributed by atoms with Crippen LogP contribution in [0, 0.1) is 23.7 Å². The molecule has 0 aliphatic heterocycles. The van der Waals surface area contributed by atoms with Crippen molar-refractivity contribution in [3.8, 4) is 0 Å². The van der Waals surface area contributed by atoms with Crippen molar-refractivity contribution in [3.63, 3.8) is 0 Å². The summed E-state index contributed by atoms with van der Waals surface area (Å²) in [7, 11) is 0. The van der Waals surface area contributed by atoms with Gasteiger partial charge in [-0.1, -0.05) is 50.7 Å². The van der Waals surface area contributed by atoms with Crippen molar-refractivity contribution in [2.45, 2.75) is 89.1 Å². The molecule has 0 aromatic heterocycles. The van der Waals surface area contributed by atoms with Crippen LogP contribution in [0.3, 0.4) is 0 Å². The molecule has 4 nitrogen and oxygen atoms in total. The summed E-state index contributed by atoms with van der Waals surface area (Å²) < 4.78 is 0. The molecule has 3 saturated carbocycles. The van der Waals surface area contributed by atoms with Gasteiger partial charge in [0.15, 0.2) is 0 Å². The average Bonchev–Trinajstić information content (AvgIpc) is 2.69. The van der Waals surface area contributed by atoms with E-state index in [1.54, 1.807) is 0 Å². The fourth-order valence-corrected chi connectivity index (χ4v) is 5.80. The van der Waals surface area contributed by atoms with Crippen molar-refractivity contribution in [1.82, 2.24) is 10.6 Å². The monoisotopic (exact) mass is 358 g/mol. The van der Waals surface area contributed by atoms with Gasteiger partial charge in [-0.25, -0.2) is 0 Å². The lowest BCUT2D eigenvalue weighted by Crippen LogP contribution is -2.54. The lowest BCUT2D eigenvalue weighted by Gasteiger charge is -2.44. The molecular formula is C22H34N2O2. The summed E-state index contributed by atoms with van der Waals surface area (Å²) in [6, 6.07) is 0.644. The Morgan fingerprint density at radius 1 is 0.577 bits per heavy atom. The van der Waals surface area contributed by atoms with Gasteiger partial charge >= 0.3 is 0 Å². The molecule has 0 saturated heterocycles. The molecule has 0 unspecified atom stereocenters. The van der Waals surface area contributed by atoms with Gasteiger partial charge in [-0.2, -0.15) is 0 Å². The van der Waals surface area contributed by atoms with Crippen LogP contribution in [-0.2, 0) is 9.59 Å². The van der Waals surface area contributed by atoms with Crippen LogP contribution in [0.15, 0.2) is 12.2 Å². The molecular weight excluding hydrogens is 324 g/mol. The second-order valence-corrected chi connectivity index (χ2v) is 9.03. The number of rotatable bonds is 4. The summed E-state index contributed by atoms with van der Waals surface area (Å²) in [5, 5.41) is 6.62. The predicted octanol–water partition coefficient (Wildman–Crippen LogP) is 3.71. The Morgan fingerprint density at radius 3 is 1.31 bits per heavy atom. The normalized spacial score (nSPS) is 35.2. The molecule has 5 rings (SSSR count). The number of carbonyl (C=O) groups is 2. The number of allylic oxidation sites excluding steroid dienone is 2. The standard InChI is InChI=1S/C22H34N2O2/c25-21(23-17-7-3-1-4-8-17)19-15-11-13-16(14-12-15)20(19)22(26)24-18-9-5-2-6-10-18/h11,13,15-20H,1-10,12,14H2,(H,23,25)(H,24,26)/t15-,16+,19-,20+. The highest BCUT2D eigenvalue weighted by atomic mass is 16.2. The number of carbonyl (C=O) groups excluding carboxylic acids is 2. The first-order valence-electron chi connectivity index (χ1n) is 11.0. The minimum absolute atomic E-state index is 0.139. The Balaban J connectivity index is 1.44. The van der Waals surface area contributed by atoms with E-state index in [4.69, 9.17) is 0 Å². The Hall–Kier alpha value is -1.32.